The maximum atomic E-state index is 13.5. The van der Waals surface area contributed by atoms with Crippen LogP contribution in [0.4, 0.5) is 5.82 Å². The molecular weight excluding hydrogens is 510 g/mol. The van der Waals surface area contributed by atoms with Crippen LogP contribution in [0.2, 0.25) is 0 Å². The fourth-order valence-electron chi connectivity index (χ4n) is 7.09. The Kier molecular flexibility index (Phi) is 6.44. The van der Waals surface area contributed by atoms with E-state index in [1.807, 2.05) is 44.6 Å². The molecule has 2 bridgehead atoms. The van der Waals surface area contributed by atoms with E-state index in [0.29, 0.717) is 29.0 Å². The molecule has 1 aliphatic heterocycles. The highest BCUT2D eigenvalue weighted by atomic mass is 32.2. The molecule has 3 fully saturated rings. The molecule has 2 aliphatic carbocycles. The molecule has 2 saturated carbocycles. The fourth-order valence-corrected chi connectivity index (χ4v) is 7.80. The molecule has 1 amide bonds. The molecule has 6 rings (SSSR count). The molecule has 3 atom stereocenters. The Balaban J connectivity index is 1.28. The second kappa shape index (κ2) is 9.57. The van der Waals surface area contributed by atoms with Gasteiger partial charge in [0.25, 0.3) is 5.91 Å². The zero-order valence-corrected chi connectivity index (χ0v) is 24.6. The van der Waals surface area contributed by atoms with Crippen LogP contribution in [0.1, 0.15) is 75.9 Å². The number of rotatable bonds is 7. The second-order valence-electron chi connectivity index (χ2n) is 13.0. The maximum Gasteiger partial charge on any atom is 0.265 e. The highest BCUT2D eigenvalue weighted by molar-refractivity contribution is 7.98. The Hall–Kier alpha value is -3.01. The van der Waals surface area contributed by atoms with Crippen LogP contribution in [0.25, 0.3) is 5.82 Å². The Morgan fingerprint density at radius 3 is 2.59 bits per heavy atom. The Morgan fingerprint density at radius 1 is 1.13 bits per heavy atom. The third-order valence-corrected chi connectivity index (χ3v) is 9.46. The molecule has 1 N–H and O–H groups in total. The first-order valence-electron chi connectivity index (χ1n) is 14.0. The zero-order chi connectivity index (χ0) is 27.5. The summed E-state index contributed by atoms with van der Waals surface area (Å²) in [5, 5.41) is 9.09. The van der Waals surface area contributed by atoms with Crippen LogP contribution in [0.15, 0.2) is 35.5 Å². The van der Waals surface area contributed by atoms with E-state index in [1.54, 1.807) is 9.36 Å². The van der Waals surface area contributed by atoms with Crippen molar-refractivity contribution in [3.05, 3.63) is 41.9 Å². The van der Waals surface area contributed by atoms with Crippen LogP contribution in [0, 0.1) is 24.2 Å². The number of carbonyl (C=O) groups is 1. The van der Waals surface area contributed by atoms with Crippen LogP contribution in [0.3, 0.4) is 0 Å². The minimum absolute atomic E-state index is 0.101. The average molecular weight is 550 g/mol. The smallest absolute Gasteiger partial charge is 0.265 e. The SMILES string of the molecule is Cc1nn(C)cc1SNC(=O)c1ccc(-n2ccc(O[C@H]3C[C@@H]4CC[C@H]3C4)n2)nc1N1CC(C)(C)CC1(C)C. The third kappa shape index (κ3) is 5.15. The van der Waals surface area contributed by atoms with Crippen LogP contribution < -0.4 is 14.4 Å². The standard InChI is InChI=1S/C29H39N7O2S/c1-18-23(15-34(6)31-18)39-33-27(37)21-9-10-24(30-26(21)35-17-28(2,3)16-29(35,4)5)36-12-11-25(32-36)38-22-14-19-7-8-20(22)13-19/h9-12,15,19-20,22H,7-8,13-14,16-17H2,1-6H3,(H,33,37)/t19-,20+,22+/m1/s1. The Labute approximate surface area is 234 Å². The molecule has 3 aromatic heterocycles. The lowest BCUT2D eigenvalue weighted by Crippen LogP contribution is -2.40. The highest BCUT2D eigenvalue weighted by Gasteiger charge is 2.45. The molecule has 208 valence electrons. The molecule has 1 saturated heterocycles. The Bertz CT molecular complexity index is 1390. The number of anilines is 1. The van der Waals surface area contributed by atoms with E-state index in [9.17, 15) is 4.79 Å². The van der Waals surface area contributed by atoms with Gasteiger partial charge in [-0.15, -0.1) is 5.10 Å². The number of carbonyl (C=O) groups excluding carboxylic acids is 1. The number of fused-ring (bicyclic) bond motifs is 2. The lowest BCUT2D eigenvalue weighted by molar-refractivity contribution is 0.0984. The van der Waals surface area contributed by atoms with Crippen molar-refractivity contribution in [1.82, 2.24) is 29.3 Å². The minimum atomic E-state index is -0.182. The average Bonchev–Trinajstić information content (AvgIpc) is 3.68. The summed E-state index contributed by atoms with van der Waals surface area (Å²) in [7, 11) is 1.88. The van der Waals surface area contributed by atoms with Gasteiger partial charge in [0.2, 0.25) is 5.88 Å². The van der Waals surface area contributed by atoms with E-state index in [4.69, 9.17) is 14.8 Å². The first-order valence-corrected chi connectivity index (χ1v) is 14.8. The van der Waals surface area contributed by atoms with Crippen LogP contribution in [-0.4, -0.2) is 48.6 Å². The van der Waals surface area contributed by atoms with Crippen molar-refractivity contribution in [1.29, 1.82) is 0 Å². The normalized spacial score (nSPS) is 24.9. The zero-order valence-electron chi connectivity index (χ0n) is 23.8. The van der Waals surface area contributed by atoms with Gasteiger partial charge in [-0.2, -0.15) is 5.10 Å². The summed E-state index contributed by atoms with van der Waals surface area (Å²) in [4.78, 5) is 21.8. The lowest BCUT2D eigenvalue weighted by atomic mass is 9.86. The molecule has 0 spiro atoms. The van der Waals surface area contributed by atoms with Crippen molar-refractivity contribution < 1.29 is 9.53 Å². The minimum Gasteiger partial charge on any atom is -0.473 e. The number of amides is 1. The van der Waals surface area contributed by atoms with Gasteiger partial charge in [-0.1, -0.05) is 13.8 Å². The maximum absolute atomic E-state index is 13.5. The number of hydrogen-bond acceptors (Lipinski definition) is 7. The number of nitrogens with one attached hydrogen (secondary N) is 1. The van der Waals surface area contributed by atoms with Crippen molar-refractivity contribution in [3.8, 4) is 11.7 Å². The first-order chi connectivity index (χ1) is 18.5. The molecule has 4 heterocycles. The molecule has 0 aromatic carbocycles. The summed E-state index contributed by atoms with van der Waals surface area (Å²) in [6, 6.07) is 5.65. The quantitative estimate of drug-likeness (QED) is 0.399. The topological polar surface area (TPSA) is 90.1 Å². The summed E-state index contributed by atoms with van der Waals surface area (Å²) in [5.41, 5.74) is 1.37. The van der Waals surface area contributed by atoms with Gasteiger partial charge in [-0.05, 0) is 94.2 Å². The molecule has 3 aromatic rings. The number of nitrogens with zero attached hydrogens (tertiary/aromatic N) is 6. The van der Waals surface area contributed by atoms with E-state index >= 15 is 0 Å². The molecule has 10 heteroatoms. The lowest BCUT2D eigenvalue weighted by Gasteiger charge is -2.33. The van der Waals surface area contributed by atoms with Gasteiger partial charge in [-0.3, -0.25) is 14.2 Å². The van der Waals surface area contributed by atoms with Crippen molar-refractivity contribution in [2.45, 2.75) is 83.3 Å². The molecule has 39 heavy (non-hydrogen) atoms. The predicted molar refractivity (Wildman–Crippen MR) is 152 cm³/mol. The van der Waals surface area contributed by atoms with E-state index in [-0.39, 0.29) is 23.0 Å². The summed E-state index contributed by atoms with van der Waals surface area (Å²) >= 11 is 1.28. The van der Waals surface area contributed by atoms with E-state index in [1.165, 1.54) is 31.2 Å². The van der Waals surface area contributed by atoms with Crippen molar-refractivity contribution in [2.24, 2.45) is 24.3 Å². The molecule has 9 nitrogen and oxygen atoms in total. The van der Waals surface area contributed by atoms with Crippen molar-refractivity contribution in [3.63, 3.8) is 0 Å². The summed E-state index contributed by atoms with van der Waals surface area (Å²) in [6.45, 7) is 11.7. The van der Waals surface area contributed by atoms with Crippen molar-refractivity contribution >= 4 is 23.7 Å². The number of ether oxygens (including phenoxy) is 1. The van der Waals surface area contributed by atoms with Crippen LogP contribution >= 0.6 is 11.9 Å². The largest absolute Gasteiger partial charge is 0.473 e. The second-order valence-corrected chi connectivity index (χ2v) is 13.8. The highest BCUT2D eigenvalue weighted by Crippen LogP contribution is 2.46. The van der Waals surface area contributed by atoms with Crippen molar-refractivity contribution in [2.75, 3.05) is 11.4 Å². The number of aromatic nitrogens is 5. The van der Waals surface area contributed by atoms with Crippen LogP contribution in [0.5, 0.6) is 5.88 Å². The molecule has 0 radical (unpaired) electrons. The number of hydrogen-bond donors (Lipinski definition) is 1. The monoisotopic (exact) mass is 549 g/mol. The van der Waals surface area contributed by atoms with Gasteiger partial charge >= 0.3 is 0 Å². The van der Waals surface area contributed by atoms with Gasteiger partial charge in [-0.25, -0.2) is 9.67 Å². The van der Waals surface area contributed by atoms with Crippen LogP contribution in [-0.2, 0) is 7.05 Å². The first kappa shape index (κ1) is 26.2. The van der Waals surface area contributed by atoms with E-state index in [0.717, 1.165) is 35.9 Å². The molecule has 3 aliphatic rings. The number of pyridine rings is 1. The van der Waals surface area contributed by atoms with Gasteiger partial charge in [0, 0.05) is 37.6 Å². The summed E-state index contributed by atoms with van der Waals surface area (Å²) < 4.78 is 12.8. The van der Waals surface area contributed by atoms with Gasteiger partial charge in [0.1, 0.15) is 11.9 Å². The van der Waals surface area contributed by atoms with Gasteiger partial charge in [0.05, 0.1) is 16.2 Å². The van der Waals surface area contributed by atoms with Gasteiger partial charge < -0.3 is 9.64 Å². The van der Waals surface area contributed by atoms with E-state index < -0.39 is 0 Å². The predicted octanol–water partition coefficient (Wildman–Crippen LogP) is 5.33. The summed E-state index contributed by atoms with van der Waals surface area (Å²) in [6.07, 6.45) is 10.1. The molecular formula is C29H39N7O2S. The Morgan fingerprint density at radius 2 is 1.95 bits per heavy atom. The molecule has 0 unspecified atom stereocenters. The number of aryl methyl sites for hydroxylation is 2. The third-order valence-electron chi connectivity index (χ3n) is 8.56. The van der Waals surface area contributed by atoms with E-state index in [2.05, 4.69) is 42.4 Å². The fraction of sp³-hybridized carbons (Fsp3) is 0.586. The van der Waals surface area contributed by atoms with Gasteiger partial charge in [0.15, 0.2) is 5.82 Å². The summed E-state index contributed by atoms with van der Waals surface area (Å²) in [5.74, 6) is 3.29.